The maximum atomic E-state index is 12.8. The van der Waals surface area contributed by atoms with Crippen molar-refractivity contribution in [3.63, 3.8) is 0 Å². The van der Waals surface area contributed by atoms with Gasteiger partial charge in [-0.3, -0.25) is 0 Å². The molecule has 1 aromatic rings. The van der Waals surface area contributed by atoms with Crippen LogP contribution in [0.25, 0.3) is 0 Å². The molecule has 0 unspecified atom stereocenters. The van der Waals surface area contributed by atoms with E-state index in [1.54, 1.807) is 21.0 Å². The maximum Gasteiger partial charge on any atom is 0.340 e. The minimum atomic E-state index is -4.26. The molecule has 1 aromatic heterocycles. The first kappa shape index (κ1) is 16.2. The monoisotopic (exact) mass is 297 g/mol. The molecule has 1 N–H and O–H groups in total. The summed E-state index contributed by atoms with van der Waals surface area (Å²) in [5.41, 5.74) is 0. The maximum absolute atomic E-state index is 12.8. The molecule has 0 bridgehead atoms. The molecule has 1 heterocycles. The second-order valence-electron chi connectivity index (χ2n) is 4.02. The zero-order valence-corrected chi connectivity index (χ0v) is 11.2. The lowest BCUT2D eigenvalue weighted by Crippen LogP contribution is -2.34. The molecule has 0 aliphatic rings. The molecule has 0 fully saturated rings. The molecular weight excluding hydrogens is 282 g/mol. The van der Waals surface area contributed by atoms with Gasteiger partial charge in [0.25, 0.3) is 0 Å². The van der Waals surface area contributed by atoms with Gasteiger partial charge in [-0.2, -0.15) is 23.7 Å². The molecule has 0 saturated carbocycles. The van der Waals surface area contributed by atoms with Crippen molar-refractivity contribution in [1.29, 1.82) is 0 Å². The number of alkyl halides is 4. The van der Waals surface area contributed by atoms with E-state index < -0.39 is 25.0 Å². The first-order valence-corrected chi connectivity index (χ1v) is 5.72. The fourth-order valence-electron chi connectivity index (χ4n) is 1.07. The Balaban J connectivity index is 2.88. The fourth-order valence-corrected chi connectivity index (χ4v) is 1.07. The van der Waals surface area contributed by atoms with Crippen LogP contribution in [0, 0.1) is 0 Å². The lowest BCUT2D eigenvalue weighted by Gasteiger charge is -2.16. The summed E-state index contributed by atoms with van der Waals surface area (Å²) in [5, 5.41) is 2.76. The van der Waals surface area contributed by atoms with Crippen molar-refractivity contribution >= 4 is 11.9 Å². The van der Waals surface area contributed by atoms with E-state index >= 15 is 0 Å². The Labute approximate surface area is 113 Å². The van der Waals surface area contributed by atoms with E-state index in [0.717, 1.165) is 0 Å². The van der Waals surface area contributed by atoms with Crippen LogP contribution in [0.4, 0.5) is 29.5 Å². The van der Waals surface area contributed by atoms with Gasteiger partial charge in [0, 0.05) is 20.6 Å². The molecule has 20 heavy (non-hydrogen) atoms. The molecule has 0 aliphatic carbocycles. The number of halogens is 4. The van der Waals surface area contributed by atoms with Gasteiger partial charge in [0.05, 0.1) is 0 Å². The van der Waals surface area contributed by atoms with Crippen molar-refractivity contribution in [2.24, 2.45) is 0 Å². The van der Waals surface area contributed by atoms with Crippen molar-refractivity contribution in [3.05, 3.63) is 0 Å². The Bertz CT molecular complexity index is 444. The highest BCUT2D eigenvalue weighted by Crippen LogP contribution is 2.24. The number of ether oxygens (including phenoxy) is 1. The topological polar surface area (TPSA) is 63.2 Å². The molecule has 1 rings (SSSR count). The Hall–Kier alpha value is -1.87. The second kappa shape index (κ2) is 6.53. The number of rotatable bonds is 7. The third-order valence-corrected chi connectivity index (χ3v) is 2.05. The standard InChI is InChI=1S/C10H15F4N5O/c1-4-15-7-16-8(19(2)3)18-9(17-7)20-5-10(13,14)6(11)12/h6H,4-5H2,1-3H3,(H,15,16,17,18). The molecule has 0 atom stereocenters. The Morgan fingerprint density at radius 3 is 2.40 bits per heavy atom. The van der Waals surface area contributed by atoms with Crippen LogP contribution in [0.2, 0.25) is 0 Å². The summed E-state index contributed by atoms with van der Waals surface area (Å²) in [6.45, 7) is 0.765. The second-order valence-corrected chi connectivity index (χ2v) is 4.02. The molecule has 0 aliphatic heterocycles. The smallest absolute Gasteiger partial charge is 0.340 e. The molecule has 114 valence electrons. The molecule has 0 saturated heterocycles. The van der Waals surface area contributed by atoms with Crippen molar-refractivity contribution in [2.45, 2.75) is 19.3 Å². The van der Waals surface area contributed by atoms with Crippen molar-refractivity contribution in [3.8, 4) is 6.01 Å². The Kier molecular flexibility index (Phi) is 5.28. The van der Waals surface area contributed by atoms with Gasteiger partial charge in [0.2, 0.25) is 11.9 Å². The van der Waals surface area contributed by atoms with Crippen LogP contribution in [0.15, 0.2) is 0 Å². The van der Waals surface area contributed by atoms with Crippen LogP contribution in [-0.4, -0.2) is 54.5 Å². The van der Waals surface area contributed by atoms with Crippen molar-refractivity contribution < 1.29 is 22.3 Å². The van der Waals surface area contributed by atoms with Crippen LogP contribution >= 0.6 is 0 Å². The first-order chi connectivity index (χ1) is 9.26. The predicted octanol–water partition coefficient (Wildman–Crippen LogP) is 1.65. The minimum absolute atomic E-state index is 0.113. The Morgan fingerprint density at radius 2 is 1.90 bits per heavy atom. The van der Waals surface area contributed by atoms with E-state index in [0.29, 0.717) is 6.54 Å². The summed E-state index contributed by atoms with van der Waals surface area (Å²) in [4.78, 5) is 12.9. The normalized spacial score (nSPS) is 11.6. The molecule has 0 amide bonds. The van der Waals surface area contributed by atoms with Crippen LogP contribution in [0.5, 0.6) is 6.01 Å². The Morgan fingerprint density at radius 1 is 1.25 bits per heavy atom. The van der Waals surface area contributed by atoms with E-state index in [1.165, 1.54) is 4.90 Å². The molecule has 10 heteroatoms. The predicted molar refractivity (Wildman–Crippen MR) is 64.8 cm³/mol. The summed E-state index contributed by atoms with van der Waals surface area (Å²) < 4.78 is 54.1. The van der Waals surface area contributed by atoms with E-state index in [9.17, 15) is 17.6 Å². The van der Waals surface area contributed by atoms with Crippen LogP contribution in [0.3, 0.4) is 0 Å². The zero-order chi connectivity index (χ0) is 15.3. The van der Waals surface area contributed by atoms with Gasteiger partial charge >= 0.3 is 18.4 Å². The summed E-state index contributed by atoms with van der Waals surface area (Å²) >= 11 is 0. The van der Waals surface area contributed by atoms with E-state index in [-0.39, 0.29) is 11.9 Å². The molecule has 6 nitrogen and oxygen atoms in total. The highest BCUT2D eigenvalue weighted by Gasteiger charge is 2.42. The van der Waals surface area contributed by atoms with E-state index in [4.69, 9.17) is 0 Å². The highest BCUT2D eigenvalue weighted by molar-refractivity contribution is 5.36. The molecule has 0 radical (unpaired) electrons. The fraction of sp³-hybridized carbons (Fsp3) is 0.700. The highest BCUT2D eigenvalue weighted by atomic mass is 19.3. The van der Waals surface area contributed by atoms with Gasteiger partial charge in [0.15, 0.2) is 6.61 Å². The van der Waals surface area contributed by atoms with Crippen LogP contribution in [-0.2, 0) is 0 Å². The van der Waals surface area contributed by atoms with Gasteiger partial charge < -0.3 is 15.0 Å². The quantitative estimate of drug-likeness (QED) is 0.772. The minimum Gasteiger partial charge on any atom is -0.457 e. The van der Waals surface area contributed by atoms with Crippen LogP contribution < -0.4 is 15.0 Å². The third-order valence-electron chi connectivity index (χ3n) is 2.05. The van der Waals surface area contributed by atoms with Crippen LogP contribution in [0.1, 0.15) is 6.92 Å². The summed E-state index contributed by atoms with van der Waals surface area (Å²) in [7, 11) is 3.26. The summed E-state index contributed by atoms with van der Waals surface area (Å²) in [6.07, 6.45) is -3.81. The van der Waals surface area contributed by atoms with E-state index in [1.807, 2.05) is 0 Å². The van der Waals surface area contributed by atoms with Gasteiger partial charge in [-0.05, 0) is 6.92 Å². The zero-order valence-electron chi connectivity index (χ0n) is 11.2. The SMILES string of the molecule is CCNc1nc(OCC(F)(F)C(F)F)nc(N(C)C)n1. The van der Waals surface area contributed by atoms with Gasteiger partial charge in [-0.1, -0.05) is 0 Å². The number of hydrogen-bond donors (Lipinski definition) is 1. The third kappa shape index (κ3) is 4.35. The summed E-state index contributed by atoms with van der Waals surface area (Å²) in [5.74, 6) is -3.99. The lowest BCUT2D eigenvalue weighted by molar-refractivity contribution is -0.149. The van der Waals surface area contributed by atoms with Gasteiger partial charge in [0.1, 0.15) is 0 Å². The first-order valence-electron chi connectivity index (χ1n) is 5.72. The summed E-state index contributed by atoms with van der Waals surface area (Å²) in [6, 6.07) is -0.444. The average molecular weight is 297 g/mol. The number of nitrogens with zero attached hydrogens (tertiary/aromatic N) is 4. The van der Waals surface area contributed by atoms with E-state index in [2.05, 4.69) is 25.0 Å². The number of aromatic nitrogens is 3. The number of nitrogens with one attached hydrogen (secondary N) is 1. The van der Waals surface area contributed by atoms with Crippen molar-refractivity contribution in [2.75, 3.05) is 37.5 Å². The number of anilines is 2. The molecular formula is C10H15F4N5O. The van der Waals surface area contributed by atoms with Crippen molar-refractivity contribution in [1.82, 2.24) is 15.0 Å². The average Bonchev–Trinajstić information content (AvgIpc) is 2.36. The van der Waals surface area contributed by atoms with Gasteiger partial charge in [-0.25, -0.2) is 8.78 Å². The van der Waals surface area contributed by atoms with Gasteiger partial charge in [-0.15, -0.1) is 0 Å². The lowest BCUT2D eigenvalue weighted by atomic mass is 10.4. The number of hydrogen-bond acceptors (Lipinski definition) is 6. The molecule has 0 aromatic carbocycles. The molecule has 0 spiro atoms. The largest absolute Gasteiger partial charge is 0.457 e.